The maximum Gasteiger partial charge on any atom is 0.0223 e. The number of unbranched alkanes of at least 4 members (excludes halogenated alkanes) is 5. The van der Waals surface area contributed by atoms with Crippen molar-refractivity contribution in [1.82, 2.24) is 0 Å². The lowest BCUT2D eigenvalue weighted by Gasteiger charge is -1.96. The van der Waals surface area contributed by atoms with E-state index in [0.717, 1.165) is 5.88 Å². The predicted octanol–water partition coefficient (Wildman–Crippen LogP) is 3.96. The summed E-state index contributed by atoms with van der Waals surface area (Å²) in [5.74, 6) is 0.818. The molecule has 0 atom stereocenters. The molecule has 0 bridgehead atoms. The lowest BCUT2D eigenvalue weighted by atomic mass is 10.1. The van der Waals surface area contributed by atoms with Crippen LogP contribution < -0.4 is 0 Å². The second-order valence-electron chi connectivity index (χ2n) is 2.72. The molecular formula is C10H18Cl. The van der Waals surface area contributed by atoms with Crippen molar-refractivity contribution in [2.24, 2.45) is 0 Å². The van der Waals surface area contributed by atoms with E-state index >= 15 is 0 Å². The summed E-state index contributed by atoms with van der Waals surface area (Å²) >= 11 is 5.54. The zero-order valence-corrected chi connectivity index (χ0v) is 7.95. The van der Waals surface area contributed by atoms with Gasteiger partial charge < -0.3 is 0 Å². The Labute approximate surface area is 75.6 Å². The summed E-state index contributed by atoms with van der Waals surface area (Å²) in [6.45, 7) is 3.63. The molecule has 0 saturated heterocycles. The highest BCUT2D eigenvalue weighted by Crippen LogP contribution is 2.06. The van der Waals surface area contributed by atoms with E-state index in [-0.39, 0.29) is 0 Å². The first-order chi connectivity index (χ1) is 5.41. The van der Waals surface area contributed by atoms with Crippen molar-refractivity contribution in [3.63, 3.8) is 0 Å². The molecule has 0 heterocycles. The van der Waals surface area contributed by atoms with Gasteiger partial charge in [0.1, 0.15) is 0 Å². The summed E-state index contributed by atoms with van der Waals surface area (Å²) in [5, 5.41) is 0. The van der Waals surface area contributed by atoms with Crippen LogP contribution in [0.3, 0.4) is 0 Å². The summed E-state index contributed by atoms with van der Waals surface area (Å²) in [5.41, 5.74) is 0. The maximum absolute atomic E-state index is 5.54. The van der Waals surface area contributed by atoms with E-state index in [1.165, 1.54) is 38.5 Å². The monoisotopic (exact) mass is 173 g/mol. The SMILES string of the molecule is [CH2]C=CCCCCCCCCl. The van der Waals surface area contributed by atoms with Gasteiger partial charge in [0, 0.05) is 5.88 Å². The van der Waals surface area contributed by atoms with Crippen molar-refractivity contribution in [1.29, 1.82) is 0 Å². The van der Waals surface area contributed by atoms with Gasteiger partial charge in [-0.25, -0.2) is 0 Å². The highest BCUT2D eigenvalue weighted by Gasteiger charge is 1.87. The van der Waals surface area contributed by atoms with Gasteiger partial charge in [-0.3, -0.25) is 0 Å². The Morgan fingerprint density at radius 2 is 1.64 bits per heavy atom. The largest absolute Gasteiger partial charge is 0.127 e. The van der Waals surface area contributed by atoms with Gasteiger partial charge in [0.05, 0.1) is 0 Å². The van der Waals surface area contributed by atoms with Gasteiger partial charge in [-0.1, -0.05) is 31.4 Å². The third kappa shape index (κ3) is 10.0. The molecule has 0 aliphatic heterocycles. The third-order valence-electron chi connectivity index (χ3n) is 1.67. The molecule has 11 heavy (non-hydrogen) atoms. The van der Waals surface area contributed by atoms with E-state index in [1.807, 2.05) is 6.08 Å². The molecule has 0 spiro atoms. The Morgan fingerprint density at radius 1 is 1.00 bits per heavy atom. The molecular weight excluding hydrogens is 156 g/mol. The molecule has 0 rings (SSSR count). The van der Waals surface area contributed by atoms with Crippen LogP contribution in [0.15, 0.2) is 12.2 Å². The topological polar surface area (TPSA) is 0 Å². The van der Waals surface area contributed by atoms with Gasteiger partial charge in [0.2, 0.25) is 0 Å². The van der Waals surface area contributed by atoms with E-state index in [1.54, 1.807) is 0 Å². The highest BCUT2D eigenvalue weighted by molar-refractivity contribution is 6.17. The molecule has 65 valence electrons. The molecule has 0 aliphatic rings. The Bertz CT molecular complexity index is 86.9. The van der Waals surface area contributed by atoms with Crippen LogP contribution in [0.4, 0.5) is 0 Å². The van der Waals surface area contributed by atoms with Gasteiger partial charge in [-0.15, -0.1) is 11.6 Å². The van der Waals surface area contributed by atoms with Crippen molar-refractivity contribution in [2.45, 2.75) is 38.5 Å². The summed E-state index contributed by atoms with van der Waals surface area (Å²) in [4.78, 5) is 0. The molecule has 0 saturated carbocycles. The Balaban J connectivity index is 2.79. The minimum Gasteiger partial charge on any atom is -0.127 e. The Morgan fingerprint density at radius 3 is 2.27 bits per heavy atom. The van der Waals surface area contributed by atoms with E-state index in [0.29, 0.717) is 0 Å². The first-order valence-corrected chi connectivity index (χ1v) is 4.95. The van der Waals surface area contributed by atoms with Crippen LogP contribution in [-0.4, -0.2) is 5.88 Å². The molecule has 0 aromatic rings. The number of hydrogen-bond acceptors (Lipinski definition) is 0. The molecule has 1 radical (unpaired) electrons. The molecule has 0 amide bonds. The molecule has 0 aromatic heterocycles. The quantitative estimate of drug-likeness (QED) is 0.404. The minimum absolute atomic E-state index is 0.818. The average molecular weight is 174 g/mol. The van der Waals surface area contributed by atoms with Crippen LogP contribution >= 0.6 is 11.6 Å². The van der Waals surface area contributed by atoms with Crippen LogP contribution in [-0.2, 0) is 0 Å². The number of rotatable bonds is 7. The van der Waals surface area contributed by atoms with E-state index < -0.39 is 0 Å². The van der Waals surface area contributed by atoms with Crippen LogP contribution in [0.5, 0.6) is 0 Å². The molecule has 0 aliphatic carbocycles. The number of hydrogen-bond donors (Lipinski definition) is 0. The van der Waals surface area contributed by atoms with Crippen molar-refractivity contribution < 1.29 is 0 Å². The fourth-order valence-electron chi connectivity index (χ4n) is 1.00. The average Bonchev–Trinajstić information content (AvgIpc) is 2.03. The third-order valence-corrected chi connectivity index (χ3v) is 1.94. The number of alkyl halides is 1. The minimum atomic E-state index is 0.818. The molecule has 0 fully saturated rings. The van der Waals surface area contributed by atoms with Crippen molar-refractivity contribution >= 4 is 11.6 Å². The van der Waals surface area contributed by atoms with E-state index in [2.05, 4.69) is 13.0 Å². The number of allylic oxidation sites excluding steroid dienone is 2. The lowest BCUT2D eigenvalue weighted by molar-refractivity contribution is 0.639. The number of halogens is 1. The molecule has 0 N–H and O–H groups in total. The van der Waals surface area contributed by atoms with Gasteiger partial charge in [-0.2, -0.15) is 0 Å². The molecule has 0 aromatic carbocycles. The second kappa shape index (κ2) is 10.0. The fraction of sp³-hybridized carbons (Fsp3) is 0.700. The van der Waals surface area contributed by atoms with Gasteiger partial charge in [0.15, 0.2) is 0 Å². The normalized spacial score (nSPS) is 11.1. The smallest absolute Gasteiger partial charge is 0.0223 e. The van der Waals surface area contributed by atoms with Crippen LogP contribution in [0, 0.1) is 6.92 Å². The molecule has 0 unspecified atom stereocenters. The highest BCUT2D eigenvalue weighted by atomic mass is 35.5. The Kier molecular flexibility index (Phi) is 10.1. The lowest BCUT2D eigenvalue weighted by Crippen LogP contribution is -1.79. The van der Waals surface area contributed by atoms with Gasteiger partial charge in [0.25, 0.3) is 0 Å². The summed E-state index contributed by atoms with van der Waals surface area (Å²) in [6.07, 6.45) is 11.6. The maximum atomic E-state index is 5.54. The molecule has 1 heteroatoms. The van der Waals surface area contributed by atoms with Crippen LogP contribution in [0.2, 0.25) is 0 Å². The van der Waals surface area contributed by atoms with Crippen LogP contribution in [0.25, 0.3) is 0 Å². The van der Waals surface area contributed by atoms with Gasteiger partial charge in [-0.05, 0) is 26.2 Å². The van der Waals surface area contributed by atoms with Gasteiger partial charge >= 0.3 is 0 Å². The van der Waals surface area contributed by atoms with Crippen molar-refractivity contribution in [3.8, 4) is 0 Å². The second-order valence-corrected chi connectivity index (χ2v) is 3.09. The Hall–Kier alpha value is 0.0300. The fourth-order valence-corrected chi connectivity index (χ4v) is 1.19. The summed E-state index contributed by atoms with van der Waals surface area (Å²) in [7, 11) is 0. The van der Waals surface area contributed by atoms with Crippen molar-refractivity contribution in [3.05, 3.63) is 19.1 Å². The van der Waals surface area contributed by atoms with E-state index in [4.69, 9.17) is 11.6 Å². The zero-order valence-electron chi connectivity index (χ0n) is 7.19. The predicted molar refractivity (Wildman–Crippen MR) is 52.9 cm³/mol. The van der Waals surface area contributed by atoms with E-state index in [9.17, 15) is 0 Å². The first-order valence-electron chi connectivity index (χ1n) is 4.42. The van der Waals surface area contributed by atoms with Crippen LogP contribution in [0.1, 0.15) is 38.5 Å². The first kappa shape index (κ1) is 11.0. The zero-order chi connectivity index (χ0) is 8.36. The van der Waals surface area contributed by atoms with Crippen molar-refractivity contribution in [2.75, 3.05) is 5.88 Å². The summed E-state index contributed by atoms with van der Waals surface area (Å²) in [6, 6.07) is 0. The standard InChI is InChI=1S/C10H18Cl/c1-2-3-4-5-6-7-8-9-10-11/h2-3H,1,4-10H2. The molecule has 0 nitrogen and oxygen atoms in total. The summed E-state index contributed by atoms with van der Waals surface area (Å²) < 4.78 is 0.